The Morgan fingerprint density at radius 1 is 1.62 bits per heavy atom. The molecule has 1 aliphatic carbocycles. The summed E-state index contributed by atoms with van der Waals surface area (Å²) in [6.45, 7) is 1.93. The van der Waals surface area contributed by atoms with Crippen molar-refractivity contribution in [2.24, 2.45) is 0 Å². The van der Waals surface area contributed by atoms with Crippen molar-refractivity contribution in [1.82, 2.24) is 4.98 Å². The minimum Gasteiger partial charge on any atom is -0.298 e. The van der Waals surface area contributed by atoms with Gasteiger partial charge < -0.3 is 0 Å². The highest BCUT2D eigenvalue weighted by molar-refractivity contribution is 6.29. The number of carbonyl (C=O) groups excluding carboxylic acids is 1. The van der Waals surface area contributed by atoms with Gasteiger partial charge in [-0.05, 0) is 31.4 Å². The summed E-state index contributed by atoms with van der Waals surface area (Å²) >= 11 is 5.80. The lowest BCUT2D eigenvalue weighted by atomic mass is 10.1. The SMILES string of the molecule is Cc1c(C=O)cc(Cl)nc1C1CC1. The van der Waals surface area contributed by atoms with Crippen LogP contribution >= 0.6 is 11.6 Å². The molecule has 0 aliphatic heterocycles. The Labute approximate surface area is 81.9 Å². The van der Waals surface area contributed by atoms with Gasteiger partial charge in [0.05, 0.1) is 0 Å². The van der Waals surface area contributed by atoms with Gasteiger partial charge in [-0.1, -0.05) is 11.6 Å². The Balaban J connectivity index is 2.53. The van der Waals surface area contributed by atoms with E-state index < -0.39 is 0 Å². The van der Waals surface area contributed by atoms with Crippen molar-refractivity contribution in [3.05, 3.63) is 28.0 Å². The van der Waals surface area contributed by atoms with E-state index in [2.05, 4.69) is 4.98 Å². The second kappa shape index (κ2) is 3.11. The average molecular weight is 196 g/mol. The first kappa shape index (κ1) is 8.70. The first-order chi connectivity index (χ1) is 6.22. The summed E-state index contributed by atoms with van der Waals surface area (Å²) in [7, 11) is 0. The van der Waals surface area contributed by atoms with E-state index in [0.29, 0.717) is 16.6 Å². The number of hydrogen-bond donors (Lipinski definition) is 0. The van der Waals surface area contributed by atoms with Crippen molar-refractivity contribution in [2.75, 3.05) is 0 Å². The molecule has 68 valence electrons. The average Bonchev–Trinajstić information content (AvgIpc) is 2.91. The molecule has 0 unspecified atom stereocenters. The van der Waals surface area contributed by atoms with E-state index in [0.717, 1.165) is 17.5 Å². The maximum absolute atomic E-state index is 10.7. The molecule has 0 spiro atoms. The summed E-state index contributed by atoms with van der Waals surface area (Å²) in [6, 6.07) is 1.62. The lowest BCUT2D eigenvalue weighted by molar-refractivity contribution is 0.112. The Morgan fingerprint density at radius 3 is 2.85 bits per heavy atom. The van der Waals surface area contributed by atoms with Crippen LogP contribution in [0.5, 0.6) is 0 Å². The second-order valence-electron chi connectivity index (χ2n) is 3.44. The quantitative estimate of drug-likeness (QED) is 0.537. The fourth-order valence-corrected chi connectivity index (χ4v) is 1.70. The second-order valence-corrected chi connectivity index (χ2v) is 3.82. The Bertz CT molecular complexity index is 358. The van der Waals surface area contributed by atoms with Crippen LogP contribution in [0.25, 0.3) is 0 Å². The van der Waals surface area contributed by atoms with Gasteiger partial charge in [-0.15, -0.1) is 0 Å². The molecule has 0 aromatic carbocycles. The van der Waals surface area contributed by atoms with Gasteiger partial charge in [0.15, 0.2) is 0 Å². The van der Waals surface area contributed by atoms with Gasteiger partial charge in [0, 0.05) is 17.2 Å². The van der Waals surface area contributed by atoms with Gasteiger partial charge in [-0.2, -0.15) is 0 Å². The fourth-order valence-electron chi connectivity index (χ4n) is 1.49. The predicted molar refractivity (Wildman–Crippen MR) is 51.3 cm³/mol. The van der Waals surface area contributed by atoms with Crippen LogP contribution in [0.4, 0.5) is 0 Å². The fraction of sp³-hybridized carbons (Fsp3) is 0.400. The van der Waals surface area contributed by atoms with E-state index >= 15 is 0 Å². The van der Waals surface area contributed by atoms with Crippen molar-refractivity contribution in [3.63, 3.8) is 0 Å². The molecule has 3 heteroatoms. The van der Waals surface area contributed by atoms with Gasteiger partial charge in [-0.25, -0.2) is 4.98 Å². The van der Waals surface area contributed by atoms with E-state index in [1.165, 1.54) is 12.8 Å². The highest BCUT2D eigenvalue weighted by Gasteiger charge is 2.27. The number of carbonyl (C=O) groups is 1. The molecule has 0 amide bonds. The molecule has 1 aliphatic rings. The molecular formula is C10H10ClNO. The monoisotopic (exact) mass is 195 g/mol. The number of pyridine rings is 1. The smallest absolute Gasteiger partial charge is 0.150 e. The van der Waals surface area contributed by atoms with Crippen LogP contribution in [0.3, 0.4) is 0 Å². The van der Waals surface area contributed by atoms with Crippen LogP contribution in [0.2, 0.25) is 5.15 Å². The molecule has 1 aromatic rings. The molecule has 0 atom stereocenters. The predicted octanol–water partition coefficient (Wildman–Crippen LogP) is 2.73. The standard InChI is InChI=1S/C10H10ClNO/c1-6-8(5-13)4-9(11)12-10(6)7-2-3-7/h4-5,7H,2-3H2,1H3. The van der Waals surface area contributed by atoms with E-state index in [4.69, 9.17) is 11.6 Å². The Hall–Kier alpha value is -0.890. The molecule has 13 heavy (non-hydrogen) atoms. The lowest BCUT2D eigenvalue weighted by Crippen LogP contribution is -1.97. The van der Waals surface area contributed by atoms with Gasteiger partial charge in [0.25, 0.3) is 0 Å². The molecule has 1 fully saturated rings. The number of hydrogen-bond acceptors (Lipinski definition) is 2. The normalized spacial score (nSPS) is 15.8. The molecule has 0 radical (unpaired) electrons. The topological polar surface area (TPSA) is 30.0 Å². The number of nitrogens with zero attached hydrogens (tertiary/aromatic N) is 1. The minimum absolute atomic E-state index is 0.426. The van der Waals surface area contributed by atoms with Crippen molar-refractivity contribution >= 4 is 17.9 Å². The molecular weight excluding hydrogens is 186 g/mol. The summed E-state index contributed by atoms with van der Waals surface area (Å²) in [4.78, 5) is 14.9. The molecule has 2 rings (SSSR count). The van der Waals surface area contributed by atoms with Gasteiger partial charge in [-0.3, -0.25) is 4.79 Å². The summed E-state index contributed by atoms with van der Waals surface area (Å²) < 4.78 is 0. The van der Waals surface area contributed by atoms with Crippen LogP contribution in [0.1, 0.15) is 40.4 Å². The summed E-state index contributed by atoms with van der Waals surface area (Å²) in [5, 5.41) is 0.426. The van der Waals surface area contributed by atoms with E-state index in [9.17, 15) is 4.79 Å². The number of aldehydes is 1. The zero-order valence-electron chi connectivity index (χ0n) is 7.38. The van der Waals surface area contributed by atoms with Crippen molar-refractivity contribution in [3.8, 4) is 0 Å². The van der Waals surface area contributed by atoms with E-state index in [1.54, 1.807) is 6.07 Å². The summed E-state index contributed by atoms with van der Waals surface area (Å²) in [5.74, 6) is 0.539. The van der Waals surface area contributed by atoms with Crippen LogP contribution in [-0.2, 0) is 0 Å². The molecule has 1 heterocycles. The highest BCUT2D eigenvalue weighted by Crippen LogP contribution is 2.41. The first-order valence-electron chi connectivity index (χ1n) is 4.34. The van der Waals surface area contributed by atoms with Crippen molar-refractivity contribution in [2.45, 2.75) is 25.7 Å². The summed E-state index contributed by atoms with van der Waals surface area (Å²) in [6.07, 6.45) is 3.19. The largest absolute Gasteiger partial charge is 0.298 e. The van der Waals surface area contributed by atoms with Crippen LogP contribution in [0.15, 0.2) is 6.07 Å². The first-order valence-corrected chi connectivity index (χ1v) is 4.72. The maximum Gasteiger partial charge on any atom is 0.150 e. The maximum atomic E-state index is 10.7. The zero-order valence-corrected chi connectivity index (χ0v) is 8.14. The molecule has 1 saturated carbocycles. The third-order valence-corrected chi connectivity index (χ3v) is 2.60. The van der Waals surface area contributed by atoms with Crippen molar-refractivity contribution < 1.29 is 4.79 Å². The minimum atomic E-state index is 0.426. The van der Waals surface area contributed by atoms with Crippen LogP contribution in [-0.4, -0.2) is 11.3 Å². The number of aromatic nitrogens is 1. The highest BCUT2D eigenvalue weighted by atomic mass is 35.5. The van der Waals surface area contributed by atoms with Crippen molar-refractivity contribution in [1.29, 1.82) is 0 Å². The Kier molecular flexibility index (Phi) is 2.08. The molecule has 0 N–H and O–H groups in total. The molecule has 0 saturated heterocycles. The third-order valence-electron chi connectivity index (χ3n) is 2.41. The number of rotatable bonds is 2. The van der Waals surface area contributed by atoms with E-state index in [-0.39, 0.29) is 0 Å². The van der Waals surface area contributed by atoms with Gasteiger partial charge in [0.1, 0.15) is 11.4 Å². The van der Waals surface area contributed by atoms with Gasteiger partial charge in [0.2, 0.25) is 0 Å². The van der Waals surface area contributed by atoms with Gasteiger partial charge >= 0.3 is 0 Å². The van der Waals surface area contributed by atoms with Crippen LogP contribution < -0.4 is 0 Å². The zero-order chi connectivity index (χ0) is 9.42. The lowest BCUT2D eigenvalue weighted by Gasteiger charge is -2.05. The van der Waals surface area contributed by atoms with E-state index in [1.807, 2.05) is 6.92 Å². The Morgan fingerprint density at radius 2 is 2.31 bits per heavy atom. The molecule has 0 bridgehead atoms. The number of halogens is 1. The summed E-state index contributed by atoms with van der Waals surface area (Å²) in [5.41, 5.74) is 2.67. The van der Waals surface area contributed by atoms with Crippen LogP contribution in [0, 0.1) is 6.92 Å². The third kappa shape index (κ3) is 1.59. The molecule has 1 aromatic heterocycles. The molecule has 2 nitrogen and oxygen atoms in total.